The summed E-state index contributed by atoms with van der Waals surface area (Å²) in [5.41, 5.74) is 0.876. The van der Waals surface area contributed by atoms with Crippen molar-refractivity contribution >= 4 is 7.12 Å². The first-order valence-corrected chi connectivity index (χ1v) is 8.39. The molecule has 0 aromatic heterocycles. The van der Waals surface area contributed by atoms with E-state index in [9.17, 15) is 0 Å². The van der Waals surface area contributed by atoms with Crippen LogP contribution in [0.25, 0.3) is 0 Å². The summed E-state index contributed by atoms with van der Waals surface area (Å²) in [5, 5.41) is 0. The minimum Gasteiger partial charge on any atom is -0.403 e. The van der Waals surface area contributed by atoms with Crippen LogP contribution in [0.4, 0.5) is 0 Å². The molecule has 0 unspecified atom stereocenters. The van der Waals surface area contributed by atoms with Gasteiger partial charge in [0.15, 0.2) is 0 Å². The van der Waals surface area contributed by atoms with Gasteiger partial charge in [-0.2, -0.15) is 0 Å². The van der Waals surface area contributed by atoms with Gasteiger partial charge in [0.25, 0.3) is 0 Å². The summed E-state index contributed by atoms with van der Waals surface area (Å²) in [6.07, 6.45) is 0. The second kappa shape index (κ2) is 4.83. The summed E-state index contributed by atoms with van der Waals surface area (Å²) in [4.78, 5) is 0. The number of rotatable bonds is 2. The predicted molar refractivity (Wildman–Crippen MR) is 86.8 cm³/mol. The molecule has 0 amide bonds. The summed E-state index contributed by atoms with van der Waals surface area (Å²) in [6, 6.07) is 10.8. The Morgan fingerprint density at radius 3 is 2.14 bits per heavy atom. The molecule has 0 radical (unpaired) electrons. The quantitative estimate of drug-likeness (QED) is 0.782. The van der Waals surface area contributed by atoms with Gasteiger partial charge in [0.05, 0.1) is 17.8 Å². The van der Waals surface area contributed by atoms with E-state index in [1.54, 1.807) is 0 Å². The summed E-state index contributed by atoms with van der Waals surface area (Å²) in [6.45, 7) is 10.2. The molecule has 2 heterocycles. The lowest BCUT2D eigenvalue weighted by Crippen LogP contribution is -2.49. The second-order valence-corrected chi connectivity index (χ2v) is 8.00. The van der Waals surface area contributed by atoms with Crippen molar-refractivity contribution < 1.29 is 14.0 Å². The molecule has 3 fully saturated rings. The zero-order valence-corrected chi connectivity index (χ0v) is 13.9. The van der Waals surface area contributed by atoms with Crippen molar-refractivity contribution in [2.45, 2.75) is 50.6 Å². The molecule has 2 saturated heterocycles. The smallest absolute Gasteiger partial charge is 0.403 e. The van der Waals surface area contributed by atoms with E-state index in [1.165, 1.54) is 5.56 Å². The van der Waals surface area contributed by atoms with Gasteiger partial charge in [-0.05, 0) is 51.0 Å². The monoisotopic (exact) mass is 300 g/mol. The molecule has 22 heavy (non-hydrogen) atoms. The Hall–Kier alpha value is -0.835. The Morgan fingerprint density at radius 2 is 1.50 bits per heavy atom. The Labute approximate surface area is 133 Å². The van der Waals surface area contributed by atoms with Crippen LogP contribution in [0, 0.1) is 11.8 Å². The Morgan fingerprint density at radius 1 is 0.909 bits per heavy atom. The Bertz CT molecular complexity index is 541. The SMILES string of the molecule is CC1(C)OB([C@H]2[C@H]3COC[C@H]3[C@H]2c2ccccc2)OC1(C)C. The van der Waals surface area contributed by atoms with Crippen LogP contribution >= 0.6 is 0 Å². The molecule has 4 heteroatoms. The van der Waals surface area contributed by atoms with Gasteiger partial charge < -0.3 is 14.0 Å². The molecule has 1 aliphatic carbocycles. The zero-order valence-electron chi connectivity index (χ0n) is 13.9. The molecule has 0 bridgehead atoms. The minimum absolute atomic E-state index is 0.127. The van der Waals surface area contributed by atoms with E-state index in [0.717, 1.165) is 13.2 Å². The number of hydrogen-bond acceptors (Lipinski definition) is 3. The van der Waals surface area contributed by atoms with Gasteiger partial charge >= 0.3 is 7.12 Å². The van der Waals surface area contributed by atoms with Crippen molar-refractivity contribution in [3.05, 3.63) is 35.9 Å². The second-order valence-electron chi connectivity index (χ2n) is 8.00. The van der Waals surface area contributed by atoms with E-state index in [-0.39, 0.29) is 18.3 Å². The van der Waals surface area contributed by atoms with E-state index in [2.05, 4.69) is 58.0 Å². The average Bonchev–Trinajstić information content (AvgIpc) is 2.91. The molecule has 0 N–H and O–H groups in total. The third-order valence-electron chi connectivity index (χ3n) is 6.31. The van der Waals surface area contributed by atoms with E-state index in [0.29, 0.717) is 23.6 Å². The lowest BCUT2D eigenvalue weighted by Gasteiger charge is -2.48. The van der Waals surface area contributed by atoms with E-state index in [1.807, 2.05) is 0 Å². The average molecular weight is 300 g/mol. The number of ether oxygens (including phenoxy) is 1. The van der Waals surface area contributed by atoms with E-state index >= 15 is 0 Å². The Balaban J connectivity index is 1.63. The lowest BCUT2D eigenvalue weighted by molar-refractivity contribution is 0.00578. The third kappa shape index (κ3) is 2.00. The molecule has 1 saturated carbocycles. The van der Waals surface area contributed by atoms with Gasteiger partial charge in [0, 0.05) is 12.4 Å². The zero-order chi connectivity index (χ0) is 15.5. The van der Waals surface area contributed by atoms with Crippen molar-refractivity contribution in [1.29, 1.82) is 0 Å². The lowest BCUT2D eigenvalue weighted by atomic mass is 9.43. The van der Waals surface area contributed by atoms with Crippen LogP contribution in [-0.4, -0.2) is 31.5 Å². The van der Waals surface area contributed by atoms with Gasteiger partial charge in [-0.3, -0.25) is 0 Å². The molecular formula is C18H25BO3. The first-order valence-electron chi connectivity index (χ1n) is 8.39. The molecule has 118 valence electrons. The highest BCUT2D eigenvalue weighted by molar-refractivity contribution is 6.48. The molecule has 1 aromatic rings. The standard InChI is InChI=1S/C18H25BO3/c1-17(2)18(3,4)22-19(21-17)16-14-11-20-10-13(14)15(16)12-8-6-5-7-9-12/h5-9,13-16H,10-11H2,1-4H3/t13-,14+,15-,16+/m1/s1. The maximum absolute atomic E-state index is 6.35. The fraction of sp³-hybridized carbons (Fsp3) is 0.667. The first-order chi connectivity index (χ1) is 10.4. The highest BCUT2D eigenvalue weighted by Gasteiger charge is 2.64. The van der Waals surface area contributed by atoms with Crippen molar-refractivity contribution in [3.63, 3.8) is 0 Å². The van der Waals surface area contributed by atoms with Crippen molar-refractivity contribution in [3.8, 4) is 0 Å². The van der Waals surface area contributed by atoms with Crippen LogP contribution in [0.1, 0.15) is 39.2 Å². The van der Waals surface area contributed by atoms with Crippen LogP contribution in [0.15, 0.2) is 30.3 Å². The van der Waals surface area contributed by atoms with Gasteiger partial charge in [-0.15, -0.1) is 0 Å². The molecule has 3 nitrogen and oxygen atoms in total. The van der Waals surface area contributed by atoms with Crippen LogP contribution in [-0.2, 0) is 14.0 Å². The van der Waals surface area contributed by atoms with Crippen molar-refractivity contribution in [2.24, 2.45) is 11.8 Å². The van der Waals surface area contributed by atoms with Crippen molar-refractivity contribution in [1.82, 2.24) is 0 Å². The molecule has 2 aliphatic heterocycles. The van der Waals surface area contributed by atoms with E-state index < -0.39 is 0 Å². The maximum Gasteiger partial charge on any atom is 0.462 e. The Kier molecular flexibility index (Phi) is 3.23. The highest BCUT2D eigenvalue weighted by atomic mass is 16.7. The highest BCUT2D eigenvalue weighted by Crippen LogP contribution is 2.62. The number of fused-ring (bicyclic) bond motifs is 1. The van der Waals surface area contributed by atoms with Gasteiger partial charge in [0.2, 0.25) is 0 Å². The summed E-state index contributed by atoms with van der Waals surface area (Å²) >= 11 is 0. The van der Waals surface area contributed by atoms with Gasteiger partial charge in [-0.1, -0.05) is 30.3 Å². The summed E-state index contributed by atoms with van der Waals surface area (Å²) < 4.78 is 18.5. The van der Waals surface area contributed by atoms with Crippen LogP contribution in [0.2, 0.25) is 5.82 Å². The fourth-order valence-corrected chi connectivity index (χ4v) is 4.32. The molecule has 3 aliphatic rings. The predicted octanol–water partition coefficient (Wildman–Crippen LogP) is 3.51. The third-order valence-corrected chi connectivity index (χ3v) is 6.31. The topological polar surface area (TPSA) is 27.7 Å². The fourth-order valence-electron chi connectivity index (χ4n) is 4.32. The van der Waals surface area contributed by atoms with Gasteiger partial charge in [-0.25, -0.2) is 0 Å². The minimum atomic E-state index is -0.260. The van der Waals surface area contributed by atoms with Crippen molar-refractivity contribution in [2.75, 3.05) is 13.2 Å². The van der Waals surface area contributed by atoms with Crippen LogP contribution in [0.3, 0.4) is 0 Å². The maximum atomic E-state index is 6.35. The first kappa shape index (κ1) is 14.7. The van der Waals surface area contributed by atoms with Gasteiger partial charge in [0.1, 0.15) is 0 Å². The normalized spacial score (nSPS) is 38.6. The largest absolute Gasteiger partial charge is 0.462 e. The van der Waals surface area contributed by atoms with Crippen LogP contribution < -0.4 is 0 Å². The summed E-state index contributed by atoms with van der Waals surface area (Å²) in [7, 11) is -0.127. The number of hydrogen-bond donors (Lipinski definition) is 0. The molecule has 0 spiro atoms. The molecule has 1 aromatic carbocycles. The van der Waals surface area contributed by atoms with E-state index in [4.69, 9.17) is 14.0 Å². The molecule has 4 atom stereocenters. The molecular weight excluding hydrogens is 275 g/mol. The van der Waals surface area contributed by atoms with Crippen LogP contribution in [0.5, 0.6) is 0 Å². The number of benzene rings is 1. The summed E-state index contributed by atoms with van der Waals surface area (Å²) in [5.74, 6) is 2.07. The molecule has 4 rings (SSSR count).